The zero-order chi connectivity index (χ0) is 13.4. The molecule has 5 nitrogen and oxygen atoms in total. The SMILES string of the molecule is CC1CN(C(=O)c2cccc3c2OCCO3)CC1N. The quantitative estimate of drug-likeness (QED) is 0.816. The lowest BCUT2D eigenvalue weighted by atomic mass is 10.1. The fourth-order valence-electron chi connectivity index (χ4n) is 2.57. The molecule has 1 aromatic rings. The first kappa shape index (κ1) is 12.3. The molecule has 2 unspecified atom stereocenters. The molecule has 0 radical (unpaired) electrons. The number of nitrogens with zero attached hydrogens (tertiary/aromatic N) is 1. The molecule has 2 aliphatic rings. The number of nitrogens with two attached hydrogens (primary N) is 1. The van der Waals surface area contributed by atoms with E-state index in [1.54, 1.807) is 11.0 Å². The molecule has 1 saturated heterocycles. The first-order chi connectivity index (χ1) is 9.16. The van der Waals surface area contributed by atoms with Crippen molar-refractivity contribution < 1.29 is 14.3 Å². The van der Waals surface area contributed by atoms with Gasteiger partial charge in [-0.2, -0.15) is 0 Å². The molecule has 0 aromatic heterocycles. The molecule has 0 spiro atoms. The summed E-state index contributed by atoms with van der Waals surface area (Å²) in [5.74, 6) is 1.52. The van der Waals surface area contributed by atoms with E-state index >= 15 is 0 Å². The van der Waals surface area contributed by atoms with Gasteiger partial charge in [0.25, 0.3) is 5.91 Å². The molecule has 1 fully saturated rings. The highest BCUT2D eigenvalue weighted by Gasteiger charge is 2.32. The fraction of sp³-hybridized carbons (Fsp3) is 0.500. The first-order valence-electron chi connectivity index (χ1n) is 6.60. The van der Waals surface area contributed by atoms with Gasteiger partial charge in [-0.15, -0.1) is 0 Å². The van der Waals surface area contributed by atoms with Gasteiger partial charge in [-0.1, -0.05) is 13.0 Å². The van der Waals surface area contributed by atoms with E-state index in [0.717, 1.165) is 0 Å². The van der Waals surface area contributed by atoms with Crippen molar-refractivity contribution >= 4 is 5.91 Å². The summed E-state index contributed by atoms with van der Waals surface area (Å²) in [6, 6.07) is 5.48. The number of ether oxygens (including phenoxy) is 2. The van der Waals surface area contributed by atoms with Crippen molar-refractivity contribution in [1.82, 2.24) is 4.90 Å². The molecule has 2 aliphatic heterocycles. The number of benzene rings is 1. The minimum absolute atomic E-state index is 0.0258. The van der Waals surface area contributed by atoms with Crippen LogP contribution in [0.2, 0.25) is 0 Å². The van der Waals surface area contributed by atoms with Crippen molar-refractivity contribution in [2.24, 2.45) is 11.7 Å². The lowest BCUT2D eigenvalue weighted by molar-refractivity contribution is 0.0776. The number of hydrogen-bond donors (Lipinski definition) is 1. The zero-order valence-corrected chi connectivity index (χ0v) is 11.0. The Labute approximate surface area is 112 Å². The van der Waals surface area contributed by atoms with Crippen LogP contribution in [0, 0.1) is 5.92 Å². The van der Waals surface area contributed by atoms with Gasteiger partial charge in [0.15, 0.2) is 11.5 Å². The van der Waals surface area contributed by atoms with Crippen LogP contribution in [-0.2, 0) is 0 Å². The highest BCUT2D eigenvalue weighted by Crippen LogP contribution is 2.34. The summed E-state index contributed by atoms with van der Waals surface area (Å²) in [6.07, 6.45) is 0. The number of likely N-dealkylation sites (tertiary alicyclic amines) is 1. The van der Waals surface area contributed by atoms with Gasteiger partial charge >= 0.3 is 0 Å². The van der Waals surface area contributed by atoms with Gasteiger partial charge in [-0.3, -0.25) is 4.79 Å². The highest BCUT2D eigenvalue weighted by molar-refractivity contribution is 5.98. The van der Waals surface area contributed by atoms with Crippen LogP contribution < -0.4 is 15.2 Å². The third-order valence-electron chi connectivity index (χ3n) is 3.75. The molecule has 5 heteroatoms. The molecule has 2 N–H and O–H groups in total. The van der Waals surface area contributed by atoms with Gasteiger partial charge in [0, 0.05) is 19.1 Å². The maximum Gasteiger partial charge on any atom is 0.257 e. The minimum Gasteiger partial charge on any atom is -0.486 e. The van der Waals surface area contributed by atoms with Crippen molar-refractivity contribution in [2.45, 2.75) is 13.0 Å². The maximum atomic E-state index is 12.5. The standard InChI is InChI=1S/C14H18N2O3/c1-9-7-16(8-11(9)15)14(17)10-3-2-4-12-13(10)19-6-5-18-12/h2-4,9,11H,5-8,15H2,1H3. The monoisotopic (exact) mass is 262 g/mol. The Morgan fingerprint density at radius 2 is 2.11 bits per heavy atom. The van der Waals surface area contributed by atoms with Crippen molar-refractivity contribution in [2.75, 3.05) is 26.3 Å². The summed E-state index contributed by atoms with van der Waals surface area (Å²) in [5.41, 5.74) is 6.54. The van der Waals surface area contributed by atoms with Crippen LogP contribution in [0.15, 0.2) is 18.2 Å². The zero-order valence-electron chi connectivity index (χ0n) is 11.0. The van der Waals surface area contributed by atoms with Crippen molar-refractivity contribution in [3.63, 3.8) is 0 Å². The van der Waals surface area contributed by atoms with Crippen LogP contribution in [-0.4, -0.2) is 43.2 Å². The summed E-state index contributed by atoms with van der Waals surface area (Å²) >= 11 is 0. The number of fused-ring (bicyclic) bond motifs is 1. The minimum atomic E-state index is -0.0258. The third kappa shape index (κ3) is 2.14. The second kappa shape index (κ2) is 4.74. The predicted octanol–water partition coefficient (Wildman–Crippen LogP) is 0.877. The molecular weight excluding hydrogens is 244 g/mol. The molecule has 0 bridgehead atoms. The van der Waals surface area contributed by atoms with E-state index in [9.17, 15) is 4.79 Å². The number of amides is 1. The Morgan fingerprint density at radius 3 is 2.84 bits per heavy atom. The van der Waals surface area contributed by atoms with E-state index in [0.29, 0.717) is 49.3 Å². The fourth-order valence-corrected chi connectivity index (χ4v) is 2.57. The summed E-state index contributed by atoms with van der Waals surface area (Å²) in [7, 11) is 0. The van der Waals surface area contributed by atoms with E-state index in [1.165, 1.54) is 0 Å². The lowest BCUT2D eigenvalue weighted by Crippen LogP contribution is -2.32. The van der Waals surface area contributed by atoms with Crippen LogP contribution >= 0.6 is 0 Å². The number of carbonyl (C=O) groups excluding carboxylic acids is 1. The van der Waals surface area contributed by atoms with Gasteiger partial charge in [0.2, 0.25) is 0 Å². The third-order valence-corrected chi connectivity index (χ3v) is 3.75. The van der Waals surface area contributed by atoms with Crippen LogP contribution in [0.3, 0.4) is 0 Å². The number of carbonyl (C=O) groups is 1. The highest BCUT2D eigenvalue weighted by atomic mass is 16.6. The Morgan fingerprint density at radius 1 is 1.32 bits per heavy atom. The van der Waals surface area contributed by atoms with Gasteiger partial charge in [0.05, 0.1) is 5.56 Å². The predicted molar refractivity (Wildman–Crippen MR) is 70.5 cm³/mol. The van der Waals surface area contributed by atoms with E-state index in [1.807, 2.05) is 12.1 Å². The molecule has 0 saturated carbocycles. The van der Waals surface area contributed by atoms with E-state index in [-0.39, 0.29) is 11.9 Å². The number of rotatable bonds is 1. The van der Waals surface area contributed by atoms with Crippen molar-refractivity contribution in [3.8, 4) is 11.5 Å². The van der Waals surface area contributed by atoms with E-state index in [4.69, 9.17) is 15.2 Å². The summed E-state index contributed by atoms with van der Waals surface area (Å²) in [4.78, 5) is 14.3. The Kier molecular flexibility index (Phi) is 3.06. The van der Waals surface area contributed by atoms with Gasteiger partial charge in [-0.25, -0.2) is 0 Å². The van der Waals surface area contributed by atoms with Gasteiger partial charge in [0.1, 0.15) is 13.2 Å². The Bertz CT molecular complexity index is 493. The normalized spacial score (nSPS) is 25.5. The Hall–Kier alpha value is -1.75. The smallest absolute Gasteiger partial charge is 0.257 e. The van der Waals surface area contributed by atoms with Crippen LogP contribution in [0.1, 0.15) is 17.3 Å². The Balaban J connectivity index is 1.88. The van der Waals surface area contributed by atoms with Gasteiger partial charge < -0.3 is 20.1 Å². The summed E-state index contributed by atoms with van der Waals surface area (Å²) in [5, 5.41) is 0. The van der Waals surface area contributed by atoms with E-state index < -0.39 is 0 Å². The molecule has 19 heavy (non-hydrogen) atoms. The second-order valence-corrected chi connectivity index (χ2v) is 5.18. The van der Waals surface area contributed by atoms with Crippen molar-refractivity contribution in [1.29, 1.82) is 0 Å². The number of para-hydroxylation sites is 1. The molecule has 102 valence electrons. The maximum absolute atomic E-state index is 12.5. The average molecular weight is 262 g/mol. The molecule has 2 heterocycles. The summed E-state index contributed by atoms with van der Waals surface area (Å²) in [6.45, 7) is 4.37. The largest absolute Gasteiger partial charge is 0.486 e. The molecule has 2 atom stereocenters. The van der Waals surface area contributed by atoms with Crippen LogP contribution in [0.5, 0.6) is 11.5 Å². The molecule has 1 amide bonds. The first-order valence-corrected chi connectivity index (χ1v) is 6.60. The molecule has 1 aromatic carbocycles. The van der Waals surface area contributed by atoms with Gasteiger partial charge in [-0.05, 0) is 18.1 Å². The second-order valence-electron chi connectivity index (χ2n) is 5.18. The van der Waals surface area contributed by atoms with Crippen LogP contribution in [0.25, 0.3) is 0 Å². The van der Waals surface area contributed by atoms with Crippen LogP contribution in [0.4, 0.5) is 0 Å². The van der Waals surface area contributed by atoms with Crippen molar-refractivity contribution in [3.05, 3.63) is 23.8 Å². The topological polar surface area (TPSA) is 64.8 Å². The molecular formula is C14H18N2O3. The van der Waals surface area contributed by atoms with E-state index in [2.05, 4.69) is 6.92 Å². The molecule has 3 rings (SSSR count). The molecule has 0 aliphatic carbocycles. The average Bonchev–Trinajstić information content (AvgIpc) is 2.77. The summed E-state index contributed by atoms with van der Waals surface area (Å²) < 4.78 is 11.1. The number of hydrogen-bond acceptors (Lipinski definition) is 4. The lowest BCUT2D eigenvalue weighted by Gasteiger charge is -2.23.